The number of aryl methyl sites for hydroxylation is 2. The Morgan fingerprint density at radius 2 is 2.09 bits per heavy atom. The topological polar surface area (TPSA) is 58.1 Å². The van der Waals surface area contributed by atoms with Gasteiger partial charge >= 0.3 is 0 Å². The van der Waals surface area contributed by atoms with Crippen LogP contribution in [0.1, 0.15) is 48.6 Å². The zero-order valence-corrected chi connectivity index (χ0v) is 14.7. The third-order valence-electron chi connectivity index (χ3n) is 4.57. The molecule has 1 aliphatic rings. The minimum atomic E-state index is -0.0605. The zero-order chi connectivity index (χ0) is 16.8. The van der Waals surface area contributed by atoms with Crippen LogP contribution in [0, 0.1) is 19.8 Å². The summed E-state index contributed by atoms with van der Waals surface area (Å²) in [6.45, 7) is 12.0. The number of allylic oxidation sites excluding steroid dienone is 1. The fraction of sp³-hybridized carbons (Fsp3) is 0.611. The van der Waals surface area contributed by atoms with E-state index in [9.17, 15) is 4.79 Å². The van der Waals surface area contributed by atoms with E-state index in [1.807, 2.05) is 13.8 Å². The van der Waals surface area contributed by atoms with E-state index in [0.717, 1.165) is 44.7 Å². The van der Waals surface area contributed by atoms with Gasteiger partial charge in [-0.15, -0.1) is 0 Å². The second kappa shape index (κ2) is 8.20. The van der Waals surface area contributed by atoms with Crippen molar-refractivity contribution < 1.29 is 4.79 Å². The second-order valence-electron chi connectivity index (χ2n) is 6.48. The molecule has 126 valence electrons. The number of nitrogens with zero attached hydrogens (tertiary/aromatic N) is 3. The van der Waals surface area contributed by atoms with Crippen molar-refractivity contribution in [2.45, 2.75) is 40.5 Å². The van der Waals surface area contributed by atoms with E-state index in [2.05, 4.69) is 40.1 Å². The fourth-order valence-electron chi connectivity index (χ4n) is 2.93. The number of nitrogens with one attached hydrogen (secondary N) is 1. The van der Waals surface area contributed by atoms with E-state index in [0.29, 0.717) is 17.3 Å². The lowest BCUT2D eigenvalue weighted by Crippen LogP contribution is -2.39. The van der Waals surface area contributed by atoms with Crippen LogP contribution in [0.5, 0.6) is 0 Å². The maximum absolute atomic E-state index is 12.3. The first-order chi connectivity index (χ1) is 11.0. The van der Waals surface area contributed by atoms with Gasteiger partial charge in [0.15, 0.2) is 0 Å². The van der Waals surface area contributed by atoms with Crippen LogP contribution >= 0.6 is 0 Å². The van der Waals surface area contributed by atoms with Gasteiger partial charge in [-0.05, 0) is 59.5 Å². The minimum absolute atomic E-state index is 0.0605. The van der Waals surface area contributed by atoms with Gasteiger partial charge in [-0.2, -0.15) is 0 Å². The first-order valence-corrected chi connectivity index (χ1v) is 8.42. The summed E-state index contributed by atoms with van der Waals surface area (Å²) in [4.78, 5) is 23.1. The summed E-state index contributed by atoms with van der Waals surface area (Å²) < 4.78 is 0. The van der Waals surface area contributed by atoms with Gasteiger partial charge in [0.2, 0.25) is 0 Å². The molecule has 0 saturated carbocycles. The average Bonchev–Trinajstić information content (AvgIpc) is 2.53. The quantitative estimate of drug-likeness (QED) is 0.848. The lowest BCUT2D eigenvalue weighted by Gasteiger charge is -2.32. The van der Waals surface area contributed by atoms with Gasteiger partial charge in [-0.25, -0.2) is 9.97 Å². The van der Waals surface area contributed by atoms with Crippen LogP contribution in [0.3, 0.4) is 0 Å². The highest BCUT2D eigenvalue weighted by atomic mass is 16.1. The van der Waals surface area contributed by atoms with Gasteiger partial charge in [0.1, 0.15) is 5.82 Å². The Morgan fingerprint density at radius 3 is 2.70 bits per heavy atom. The van der Waals surface area contributed by atoms with Crippen molar-refractivity contribution >= 4 is 5.91 Å². The Balaban J connectivity index is 1.78. The number of rotatable bonds is 5. The second-order valence-corrected chi connectivity index (χ2v) is 6.48. The number of likely N-dealkylation sites (tertiary alicyclic amines) is 1. The van der Waals surface area contributed by atoms with Crippen LogP contribution in [0.15, 0.2) is 17.8 Å². The van der Waals surface area contributed by atoms with E-state index >= 15 is 0 Å². The predicted octanol–water partition coefficient (Wildman–Crippen LogP) is 2.50. The number of hydrogen-bond acceptors (Lipinski definition) is 4. The number of amides is 1. The Hall–Kier alpha value is -1.75. The molecule has 1 aromatic heterocycles. The van der Waals surface area contributed by atoms with Crippen LogP contribution < -0.4 is 5.32 Å². The first kappa shape index (κ1) is 17.6. The molecule has 1 fully saturated rings. The van der Waals surface area contributed by atoms with Gasteiger partial charge in [-0.3, -0.25) is 9.69 Å². The molecule has 1 saturated heterocycles. The molecule has 0 radical (unpaired) electrons. The number of carbonyl (C=O) groups excluding carboxylic acids is 1. The number of aromatic nitrogens is 2. The molecule has 1 aliphatic heterocycles. The molecule has 23 heavy (non-hydrogen) atoms. The predicted molar refractivity (Wildman–Crippen MR) is 92.4 cm³/mol. The first-order valence-electron chi connectivity index (χ1n) is 8.42. The van der Waals surface area contributed by atoms with E-state index in [4.69, 9.17) is 0 Å². The monoisotopic (exact) mass is 316 g/mol. The molecular formula is C18H28N4O. The number of piperidine rings is 1. The zero-order valence-electron chi connectivity index (χ0n) is 14.7. The minimum Gasteiger partial charge on any atom is -0.352 e. The van der Waals surface area contributed by atoms with E-state index in [-0.39, 0.29) is 5.91 Å². The molecule has 1 N–H and O–H groups in total. The molecule has 1 aromatic rings. The molecule has 0 aliphatic carbocycles. The molecule has 0 bridgehead atoms. The van der Waals surface area contributed by atoms with Crippen LogP contribution in [-0.2, 0) is 0 Å². The average molecular weight is 316 g/mol. The molecule has 5 nitrogen and oxygen atoms in total. The maximum Gasteiger partial charge on any atom is 0.254 e. The van der Waals surface area contributed by atoms with Crippen molar-refractivity contribution in [3.05, 3.63) is 34.9 Å². The summed E-state index contributed by atoms with van der Waals surface area (Å²) >= 11 is 0. The molecule has 5 heteroatoms. The van der Waals surface area contributed by atoms with Crippen molar-refractivity contribution in [2.24, 2.45) is 5.92 Å². The van der Waals surface area contributed by atoms with Crippen molar-refractivity contribution in [1.82, 2.24) is 20.2 Å². The molecule has 0 unspecified atom stereocenters. The van der Waals surface area contributed by atoms with Gasteiger partial charge < -0.3 is 5.32 Å². The van der Waals surface area contributed by atoms with Crippen LogP contribution in [0.25, 0.3) is 0 Å². The Labute approximate surface area is 139 Å². The summed E-state index contributed by atoms with van der Waals surface area (Å²) in [6.07, 6.45) is 6.08. The van der Waals surface area contributed by atoms with E-state index in [1.165, 1.54) is 5.57 Å². The molecule has 0 atom stereocenters. The Bertz CT molecular complexity index is 574. The van der Waals surface area contributed by atoms with Crippen LogP contribution in [0.4, 0.5) is 0 Å². The highest BCUT2D eigenvalue weighted by molar-refractivity contribution is 5.94. The third kappa shape index (κ3) is 5.13. The lowest BCUT2D eigenvalue weighted by molar-refractivity contribution is 0.0936. The SMILES string of the molecule is CC=C(C)CN1CCC(CNC(=O)c2cnc(C)nc2C)CC1. The van der Waals surface area contributed by atoms with Gasteiger partial charge in [0, 0.05) is 19.3 Å². The van der Waals surface area contributed by atoms with Gasteiger partial charge in [0.25, 0.3) is 5.91 Å². The third-order valence-corrected chi connectivity index (χ3v) is 4.57. The largest absolute Gasteiger partial charge is 0.352 e. The maximum atomic E-state index is 12.3. The normalized spacial score (nSPS) is 17.3. The summed E-state index contributed by atoms with van der Waals surface area (Å²) in [5.41, 5.74) is 2.75. The summed E-state index contributed by atoms with van der Waals surface area (Å²) in [5.74, 6) is 1.20. The highest BCUT2D eigenvalue weighted by Crippen LogP contribution is 2.17. The Morgan fingerprint density at radius 1 is 1.39 bits per heavy atom. The van der Waals surface area contributed by atoms with Crippen molar-refractivity contribution in [1.29, 1.82) is 0 Å². The Kier molecular flexibility index (Phi) is 6.28. The summed E-state index contributed by atoms with van der Waals surface area (Å²) in [5, 5.41) is 3.05. The molecule has 0 spiro atoms. The lowest BCUT2D eigenvalue weighted by atomic mass is 9.96. The van der Waals surface area contributed by atoms with Gasteiger partial charge in [-0.1, -0.05) is 11.6 Å². The van der Waals surface area contributed by atoms with Crippen LogP contribution in [-0.4, -0.2) is 47.0 Å². The number of hydrogen-bond donors (Lipinski definition) is 1. The number of carbonyl (C=O) groups is 1. The van der Waals surface area contributed by atoms with Crippen molar-refractivity contribution in [2.75, 3.05) is 26.2 Å². The molecule has 2 rings (SSSR count). The smallest absolute Gasteiger partial charge is 0.254 e. The van der Waals surface area contributed by atoms with Crippen molar-refractivity contribution in [3.63, 3.8) is 0 Å². The van der Waals surface area contributed by atoms with E-state index < -0.39 is 0 Å². The summed E-state index contributed by atoms with van der Waals surface area (Å²) in [7, 11) is 0. The standard InChI is InChI=1S/C18H28N4O/c1-5-13(2)12-22-8-6-16(7-9-22)10-20-18(23)17-11-19-15(4)21-14(17)3/h5,11,16H,6-10,12H2,1-4H3,(H,20,23). The molecule has 2 heterocycles. The summed E-state index contributed by atoms with van der Waals surface area (Å²) in [6, 6.07) is 0. The molecular weight excluding hydrogens is 288 g/mol. The highest BCUT2D eigenvalue weighted by Gasteiger charge is 2.20. The molecule has 0 aromatic carbocycles. The van der Waals surface area contributed by atoms with Crippen molar-refractivity contribution in [3.8, 4) is 0 Å². The van der Waals surface area contributed by atoms with Gasteiger partial charge in [0.05, 0.1) is 11.3 Å². The molecule has 1 amide bonds. The van der Waals surface area contributed by atoms with Crippen LogP contribution in [0.2, 0.25) is 0 Å². The fourth-order valence-corrected chi connectivity index (χ4v) is 2.93. The van der Waals surface area contributed by atoms with E-state index in [1.54, 1.807) is 6.20 Å².